The zero-order chi connectivity index (χ0) is 17.9. The molecule has 1 saturated heterocycles. The van der Waals surface area contributed by atoms with Crippen LogP contribution in [0.25, 0.3) is 0 Å². The lowest BCUT2D eigenvalue weighted by molar-refractivity contribution is -0.138. The summed E-state index contributed by atoms with van der Waals surface area (Å²) in [6, 6.07) is 14.6. The molecule has 1 fully saturated rings. The molecule has 1 N–H and O–H groups in total. The van der Waals surface area contributed by atoms with Gasteiger partial charge in [-0.15, -0.1) is 12.4 Å². The smallest absolute Gasteiger partial charge is 0.226 e. The van der Waals surface area contributed by atoms with Gasteiger partial charge in [-0.1, -0.05) is 36.4 Å². The molecule has 0 spiro atoms. The van der Waals surface area contributed by atoms with Gasteiger partial charge in [0.2, 0.25) is 5.91 Å². The lowest BCUT2D eigenvalue weighted by atomic mass is 9.95. The van der Waals surface area contributed by atoms with Gasteiger partial charge in [0.15, 0.2) is 0 Å². The van der Waals surface area contributed by atoms with Crippen LogP contribution in [0.2, 0.25) is 0 Å². The summed E-state index contributed by atoms with van der Waals surface area (Å²) in [5.41, 5.74) is 3.21. The Hall–Kier alpha value is -1.95. The highest BCUT2D eigenvalue weighted by Gasteiger charge is 2.31. The van der Waals surface area contributed by atoms with Gasteiger partial charge < -0.3 is 15.0 Å². The number of fused-ring (bicyclic) bond motifs is 1. The Morgan fingerprint density at radius 3 is 2.93 bits per heavy atom. The number of hydrogen-bond acceptors (Lipinski definition) is 3. The number of benzene rings is 2. The zero-order valence-electron chi connectivity index (χ0n) is 15.1. The molecular formula is C21H24ClFN2O2. The predicted molar refractivity (Wildman–Crippen MR) is 104 cm³/mol. The number of amides is 1. The second kappa shape index (κ2) is 8.83. The van der Waals surface area contributed by atoms with Gasteiger partial charge >= 0.3 is 0 Å². The van der Waals surface area contributed by atoms with Crippen molar-refractivity contribution in [3.05, 3.63) is 71.0 Å². The molecule has 2 aliphatic heterocycles. The predicted octanol–water partition coefficient (Wildman–Crippen LogP) is 3.42. The Balaban J connectivity index is 0.00000210. The van der Waals surface area contributed by atoms with Crippen LogP contribution in [0.5, 0.6) is 0 Å². The van der Waals surface area contributed by atoms with E-state index in [1.807, 2.05) is 29.2 Å². The summed E-state index contributed by atoms with van der Waals surface area (Å²) in [6.07, 6.45) is 1.01. The third-order valence-electron chi connectivity index (χ3n) is 5.25. The minimum atomic E-state index is -0.273. The van der Waals surface area contributed by atoms with Crippen LogP contribution in [0.4, 0.5) is 4.39 Å². The van der Waals surface area contributed by atoms with Crippen LogP contribution in [0.3, 0.4) is 0 Å². The lowest BCUT2D eigenvalue weighted by Crippen LogP contribution is -2.49. The van der Waals surface area contributed by atoms with Crippen molar-refractivity contribution in [1.29, 1.82) is 0 Å². The van der Waals surface area contributed by atoms with Crippen molar-refractivity contribution >= 4 is 18.3 Å². The van der Waals surface area contributed by atoms with Gasteiger partial charge in [0.25, 0.3) is 0 Å². The maximum absolute atomic E-state index is 13.6. The van der Waals surface area contributed by atoms with E-state index in [-0.39, 0.29) is 36.3 Å². The van der Waals surface area contributed by atoms with Crippen LogP contribution in [0.15, 0.2) is 48.5 Å². The Morgan fingerprint density at radius 1 is 1.22 bits per heavy atom. The maximum Gasteiger partial charge on any atom is 0.226 e. The van der Waals surface area contributed by atoms with E-state index in [1.165, 1.54) is 17.7 Å². The highest BCUT2D eigenvalue weighted by atomic mass is 35.5. The molecule has 0 saturated carbocycles. The van der Waals surface area contributed by atoms with E-state index in [0.29, 0.717) is 26.1 Å². The van der Waals surface area contributed by atoms with Crippen LogP contribution in [-0.4, -0.2) is 37.0 Å². The van der Waals surface area contributed by atoms with Crippen molar-refractivity contribution in [3.8, 4) is 0 Å². The van der Waals surface area contributed by atoms with E-state index in [4.69, 9.17) is 4.74 Å². The molecule has 4 rings (SSSR count). The van der Waals surface area contributed by atoms with Crippen LogP contribution < -0.4 is 5.32 Å². The summed E-state index contributed by atoms with van der Waals surface area (Å²) in [5.74, 6) is -0.215. The van der Waals surface area contributed by atoms with Gasteiger partial charge in [0.05, 0.1) is 25.2 Å². The second-order valence-corrected chi connectivity index (χ2v) is 6.87. The molecule has 0 bridgehead atoms. The van der Waals surface area contributed by atoms with Crippen LogP contribution >= 0.6 is 12.4 Å². The third-order valence-corrected chi connectivity index (χ3v) is 5.25. The first-order valence-corrected chi connectivity index (χ1v) is 9.17. The van der Waals surface area contributed by atoms with Gasteiger partial charge in [-0.25, -0.2) is 4.39 Å². The quantitative estimate of drug-likeness (QED) is 0.873. The molecule has 4 nitrogen and oxygen atoms in total. The Labute approximate surface area is 165 Å². The standard InChI is InChI=1S/C21H23FN2O2.ClH/c22-17-6-3-5-16(12-17)19-14-23-9-10-24(19)21(25)13-20-18-7-2-1-4-15(18)8-11-26-20;/h1-7,12,19-20,23H,8-11,13-14H2;1H. The first-order chi connectivity index (χ1) is 12.7. The molecule has 0 radical (unpaired) electrons. The lowest BCUT2D eigenvalue weighted by Gasteiger charge is -2.38. The molecule has 2 atom stereocenters. The van der Waals surface area contributed by atoms with E-state index in [2.05, 4.69) is 11.4 Å². The zero-order valence-corrected chi connectivity index (χ0v) is 15.9. The Kier molecular flexibility index (Phi) is 6.47. The van der Waals surface area contributed by atoms with Crippen LogP contribution in [0, 0.1) is 5.82 Å². The average Bonchev–Trinajstić information content (AvgIpc) is 2.68. The molecule has 27 heavy (non-hydrogen) atoms. The van der Waals surface area contributed by atoms with Crippen molar-refractivity contribution in [2.24, 2.45) is 0 Å². The Bertz CT molecular complexity index is 801. The number of piperazine rings is 1. The van der Waals surface area contributed by atoms with Gasteiger partial charge in [0, 0.05) is 19.6 Å². The summed E-state index contributed by atoms with van der Waals surface area (Å²) < 4.78 is 19.5. The highest BCUT2D eigenvalue weighted by molar-refractivity contribution is 5.85. The summed E-state index contributed by atoms with van der Waals surface area (Å²) in [5, 5.41) is 3.31. The monoisotopic (exact) mass is 390 g/mol. The first-order valence-electron chi connectivity index (χ1n) is 9.17. The number of ether oxygens (including phenoxy) is 1. The van der Waals surface area contributed by atoms with Crippen molar-refractivity contribution < 1.29 is 13.9 Å². The number of halogens is 2. The van der Waals surface area contributed by atoms with Crippen LogP contribution in [0.1, 0.15) is 35.3 Å². The molecular weight excluding hydrogens is 367 g/mol. The van der Waals surface area contributed by atoms with E-state index in [0.717, 1.165) is 24.1 Å². The first kappa shape index (κ1) is 19.8. The largest absolute Gasteiger partial charge is 0.373 e. The number of carbonyl (C=O) groups excluding carboxylic acids is 1. The number of carbonyl (C=O) groups is 1. The van der Waals surface area contributed by atoms with Crippen LogP contribution in [-0.2, 0) is 16.0 Å². The summed E-state index contributed by atoms with van der Waals surface area (Å²) in [4.78, 5) is 14.9. The molecule has 2 aromatic carbocycles. The molecule has 2 heterocycles. The van der Waals surface area contributed by atoms with E-state index >= 15 is 0 Å². The van der Waals surface area contributed by atoms with E-state index in [1.54, 1.807) is 6.07 Å². The number of nitrogens with one attached hydrogen (secondary N) is 1. The van der Waals surface area contributed by atoms with Crippen molar-refractivity contribution in [1.82, 2.24) is 10.2 Å². The minimum Gasteiger partial charge on any atom is -0.373 e. The number of rotatable bonds is 3. The molecule has 2 unspecified atom stereocenters. The van der Waals surface area contributed by atoms with E-state index in [9.17, 15) is 9.18 Å². The molecule has 6 heteroatoms. The molecule has 2 aromatic rings. The fourth-order valence-electron chi connectivity index (χ4n) is 3.94. The third kappa shape index (κ3) is 4.32. The topological polar surface area (TPSA) is 41.6 Å². The normalized spacial score (nSPS) is 21.9. The minimum absolute atomic E-state index is 0. The summed E-state index contributed by atoms with van der Waals surface area (Å²) >= 11 is 0. The molecule has 144 valence electrons. The van der Waals surface area contributed by atoms with Crippen molar-refractivity contribution in [3.63, 3.8) is 0 Å². The molecule has 0 aliphatic carbocycles. The second-order valence-electron chi connectivity index (χ2n) is 6.87. The molecule has 1 amide bonds. The Morgan fingerprint density at radius 2 is 2.07 bits per heavy atom. The molecule has 2 aliphatic rings. The van der Waals surface area contributed by atoms with E-state index < -0.39 is 0 Å². The number of nitrogens with zero attached hydrogens (tertiary/aromatic N) is 1. The van der Waals surface area contributed by atoms with Crippen molar-refractivity contribution in [2.45, 2.75) is 25.0 Å². The van der Waals surface area contributed by atoms with Gasteiger partial charge in [-0.3, -0.25) is 4.79 Å². The molecule has 0 aromatic heterocycles. The fraction of sp³-hybridized carbons (Fsp3) is 0.381. The van der Waals surface area contributed by atoms with Gasteiger partial charge in [0.1, 0.15) is 5.82 Å². The summed E-state index contributed by atoms with van der Waals surface area (Å²) in [6.45, 7) is 2.65. The summed E-state index contributed by atoms with van der Waals surface area (Å²) in [7, 11) is 0. The SMILES string of the molecule is Cl.O=C(CC1OCCc2ccccc21)N1CCNCC1c1cccc(F)c1. The fourth-order valence-corrected chi connectivity index (χ4v) is 3.94. The van der Waals surface area contributed by atoms with Gasteiger partial charge in [-0.2, -0.15) is 0 Å². The van der Waals surface area contributed by atoms with Crippen molar-refractivity contribution in [2.75, 3.05) is 26.2 Å². The highest BCUT2D eigenvalue weighted by Crippen LogP contribution is 2.32. The number of hydrogen-bond donors (Lipinski definition) is 1. The average molecular weight is 391 g/mol. The van der Waals surface area contributed by atoms with Gasteiger partial charge in [-0.05, 0) is 35.2 Å². The maximum atomic E-state index is 13.6.